The van der Waals surface area contributed by atoms with Crippen molar-refractivity contribution in [2.75, 3.05) is 10.6 Å². The summed E-state index contributed by atoms with van der Waals surface area (Å²) in [5, 5.41) is 15.3. The van der Waals surface area contributed by atoms with E-state index >= 15 is 0 Å². The van der Waals surface area contributed by atoms with Crippen molar-refractivity contribution in [1.29, 1.82) is 0 Å². The molecule has 2 aromatic carbocycles. The number of amides is 1. The van der Waals surface area contributed by atoms with Gasteiger partial charge in [-0.2, -0.15) is 0 Å². The molecule has 0 saturated carbocycles. The van der Waals surface area contributed by atoms with Crippen molar-refractivity contribution >= 4 is 23.2 Å². The predicted octanol–water partition coefficient (Wildman–Crippen LogP) is 3.01. The monoisotopic (exact) mass is 318 g/mol. The molecule has 1 aliphatic rings. The lowest BCUT2D eigenvalue weighted by molar-refractivity contribution is -0.116. The van der Waals surface area contributed by atoms with Gasteiger partial charge in [0, 0.05) is 17.6 Å². The molecule has 6 nitrogen and oxygen atoms in total. The number of para-hydroxylation sites is 1. The number of hydrogen-bond acceptors (Lipinski definition) is 5. The van der Waals surface area contributed by atoms with Crippen LogP contribution in [-0.4, -0.2) is 21.0 Å². The highest BCUT2D eigenvalue weighted by atomic mass is 16.3. The van der Waals surface area contributed by atoms with Crippen LogP contribution in [0.1, 0.15) is 17.2 Å². The largest absolute Gasteiger partial charge is 0.508 e. The number of anilines is 3. The Bertz CT molecular complexity index is 909. The van der Waals surface area contributed by atoms with Crippen LogP contribution in [0.5, 0.6) is 5.75 Å². The number of aromatic hydroxyl groups is 1. The molecule has 1 aromatic heterocycles. The number of rotatable bonds is 3. The highest BCUT2D eigenvalue weighted by Crippen LogP contribution is 2.36. The van der Waals surface area contributed by atoms with Gasteiger partial charge in [-0.25, -0.2) is 9.97 Å². The number of phenols is 1. The number of benzene rings is 2. The smallest absolute Gasteiger partial charge is 0.238 e. The van der Waals surface area contributed by atoms with Crippen LogP contribution in [0, 0.1) is 0 Å². The fourth-order valence-electron chi connectivity index (χ4n) is 2.77. The molecule has 118 valence electrons. The van der Waals surface area contributed by atoms with Gasteiger partial charge in [-0.3, -0.25) is 4.79 Å². The molecule has 0 saturated heterocycles. The van der Waals surface area contributed by atoms with E-state index in [1.807, 2.05) is 24.3 Å². The molecule has 0 aliphatic carbocycles. The first kappa shape index (κ1) is 14.2. The van der Waals surface area contributed by atoms with Gasteiger partial charge in [0.1, 0.15) is 11.7 Å². The van der Waals surface area contributed by atoms with Crippen LogP contribution in [0.3, 0.4) is 0 Å². The van der Waals surface area contributed by atoms with Gasteiger partial charge < -0.3 is 15.7 Å². The van der Waals surface area contributed by atoms with Gasteiger partial charge in [0.05, 0.1) is 5.69 Å². The molecule has 0 radical (unpaired) electrons. The zero-order valence-electron chi connectivity index (χ0n) is 12.6. The minimum atomic E-state index is -0.440. The van der Waals surface area contributed by atoms with Gasteiger partial charge >= 0.3 is 0 Å². The SMILES string of the molecule is O=C1Nc2ccccc2C1c1ccnc(Nc2ccc(O)cc2)n1. The first-order chi connectivity index (χ1) is 11.7. The third-order valence-corrected chi connectivity index (χ3v) is 3.89. The zero-order chi connectivity index (χ0) is 16.5. The Hall–Kier alpha value is -3.41. The lowest BCUT2D eigenvalue weighted by Gasteiger charge is -2.10. The van der Waals surface area contributed by atoms with Crippen molar-refractivity contribution in [1.82, 2.24) is 9.97 Å². The molecule has 0 fully saturated rings. The van der Waals surface area contributed by atoms with Crippen molar-refractivity contribution in [3.63, 3.8) is 0 Å². The number of nitrogens with one attached hydrogen (secondary N) is 2. The Balaban J connectivity index is 1.66. The third kappa shape index (κ3) is 2.54. The summed E-state index contributed by atoms with van der Waals surface area (Å²) in [6.07, 6.45) is 1.62. The zero-order valence-corrected chi connectivity index (χ0v) is 12.6. The quantitative estimate of drug-likeness (QED) is 0.646. The van der Waals surface area contributed by atoms with Gasteiger partial charge in [0.2, 0.25) is 11.9 Å². The summed E-state index contributed by atoms with van der Waals surface area (Å²) in [6, 6.07) is 15.9. The van der Waals surface area contributed by atoms with Crippen LogP contribution in [0.4, 0.5) is 17.3 Å². The highest BCUT2D eigenvalue weighted by Gasteiger charge is 2.32. The second-order valence-corrected chi connectivity index (χ2v) is 5.49. The number of carbonyl (C=O) groups is 1. The number of aromatic nitrogens is 2. The summed E-state index contributed by atoms with van der Waals surface area (Å²) in [6.45, 7) is 0. The van der Waals surface area contributed by atoms with Crippen LogP contribution >= 0.6 is 0 Å². The molecule has 1 amide bonds. The van der Waals surface area contributed by atoms with Gasteiger partial charge in [0.15, 0.2) is 0 Å². The topological polar surface area (TPSA) is 87.1 Å². The van der Waals surface area contributed by atoms with Crippen LogP contribution in [-0.2, 0) is 4.79 Å². The number of nitrogens with zero attached hydrogens (tertiary/aromatic N) is 2. The van der Waals surface area contributed by atoms with Crippen LogP contribution in [0.15, 0.2) is 60.8 Å². The molecule has 0 spiro atoms. The van der Waals surface area contributed by atoms with Gasteiger partial charge in [-0.1, -0.05) is 18.2 Å². The normalized spacial score (nSPS) is 15.7. The second kappa shape index (κ2) is 5.66. The van der Waals surface area contributed by atoms with E-state index in [0.717, 1.165) is 16.9 Å². The Morgan fingerprint density at radius 2 is 1.83 bits per heavy atom. The Morgan fingerprint density at radius 3 is 2.67 bits per heavy atom. The van der Waals surface area contributed by atoms with E-state index in [2.05, 4.69) is 20.6 Å². The maximum absolute atomic E-state index is 12.3. The molecule has 24 heavy (non-hydrogen) atoms. The molecule has 3 aromatic rings. The lowest BCUT2D eigenvalue weighted by atomic mass is 9.97. The lowest BCUT2D eigenvalue weighted by Crippen LogP contribution is -2.15. The molecule has 1 aliphatic heterocycles. The number of phenolic OH excluding ortho intramolecular Hbond substituents is 1. The van der Waals surface area contributed by atoms with E-state index < -0.39 is 5.92 Å². The van der Waals surface area contributed by atoms with E-state index in [1.54, 1.807) is 36.5 Å². The maximum atomic E-state index is 12.3. The molecular formula is C18H14N4O2. The minimum Gasteiger partial charge on any atom is -0.508 e. The van der Waals surface area contributed by atoms with Crippen molar-refractivity contribution in [2.24, 2.45) is 0 Å². The van der Waals surface area contributed by atoms with Crippen molar-refractivity contribution < 1.29 is 9.90 Å². The summed E-state index contributed by atoms with van der Waals surface area (Å²) in [5.41, 5.74) is 3.12. The molecule has 4 rings (SSSR count). The molecular weight excluding hydrogens is 304 g/mol. The summed E-state index contributed by atoms with van der Waals surface area (Å²) in [5.74, 6) is 0.0554. The first-order valence-corrected chi connectivity index (χ1v) is 7.49. The van der Waals surface area contributed by atoms with Crippen LogP contribution < -0.4 is 10.6 Å². The Labute approximate surface area is 138 Å². The molecule has 2 heterocycles. The molecule has 1 unspecified atom stereocenters. The molecule has 0 bridgehead atoms. The first-order valence-electron chi connectivity index (χ1n) is 7.49. The Morgan fingerprint density at radius 1 is 1.04 bits per heavy atom. The van der Waals surface area contributed by atoms with E-state index in [4.69, 9.17) is 0 Å². The van der Waals surface area contributed by atoms with Gasteiger partial charge in [-0.15, -0.1) is 0 Å². The highest BCUT2D eigenvalue weighted by molar-refractivity contribution is 6.04. The molecule has 6 heteroatoms. The van der Waals surface area contributed by atoms with Crippen LogP contribution in [0.2, 0.25) is 0 Å². The fourth-order valence-corrected chi connectivity index (χ4v) is 2.77. The number of hydrogen-bond donors (Lipinski definition) is 3. The average molecular weight is 318 g/mol. The van der Waals surface area contributed by atoms with Crippen LogP contribution in [0.25, 0.3) is 0 Å². The van der Waals surface area contributed by atoms with Crippen molar-refractivity contribution in [3.05, 3.63) is 72.1 Å². The average Bonchev–Trinajstić information content (AvgIpc) is 2.93. The van der Waals surface area contributed by atoms with Crippen molar-refractivity contribution in [2.45, 2.75) is 5.92 Å². The second-order valence-electron chi connectivity index (χ2n) is 5.49. The van der Waals surface area contributed by atoms with Gasteiger partial charge in [-0.05, 0) is 42.0 Å². The summed E-state index contributed by atoms with van der Waals surface area (Å²) in [7, 11) is 0. The Kier molecular flexibility index (Phi) is 3.35. The molecule has 3 N–H and O–H groups in total. The standard InChI is InChI=1S/C18H14N4O2/c23-12-7-5-11(6-8-12)20-18-19-10-9-15(22-18)16-13-3-1-2-4-14(13)21-17(16)24/h1-10,16,23H,(H,21,24)(H,19,20,22). The molecule has 1 atom stereocenters. The number of carbonyl (C=O) groups excluding carboxylic acids is 1. The van der Waals surface area contributed by atoms with E-state index in [0.29, 0.717) is 11.6 Å². The van der Waals surface area contributed by atoms with E-state index in [9.17, 15) is 9.90 Å². The third-order valence-electron chi connectivity index (χ3n) is 3.89. The summed E-state index contributed by atoms with van der Waals surface area (Å²) >= 11 is 0. The number of fused-ring (bicyclic) bond motifs is 1. The summed E-state index contributed by atoms with van der Waals surface area (Å²) in [4.78, 5) is 21.0. The van der Waals surface area contributed by atoms with E-state index in [-0.39, 0.29) is 11.7 Å². The van der Waals surface area contributed by atoms with E-state index in [1.165, 1.54) is 0 Å². The van der Waals surface area contributed by atoms with Crippen molar-refractivity contribution in [3.8, 4) is 5.75 Å². The fraction of sp³-hybridized carbons (Fsp3) is 0.0556. The summed E-state index contributed by atoms with van der Waals surface area (Å²) < 4.78 is 0. The minimum absolute atomic E-state index is 0.0921. The maximum Gasteiger partial charge on any atom is 0.238 e. The van der Waals surface area contributed by atoms with Gasteiger partial charge in [0.25, 0.3) is 0 Å². The predicted molar refractivity (Wildman–Crippen MR) is 90.3 cm³/mol.